The summed E-state index contributed by atoms with van der Waals surface area (Å²) in [5, 5.41) is 22.1. The monoisotopic (exact) mass is 410 g/mol. The van der Waals surface area contributed by atoms with Gasteiger partial charge in [0.15, 0.2) is 4.80 Å². The van der Waals surface area contributed by atoms with Gasteiger partial charge in [-0.2, -0.15) is 4.99 Å². The molecule has 9 nitrogen and oxygen atoms in total. The van der Waals surface area contributed by atoms with Crippen LogP contribution in [0.4, 0.5) is 11.4 Å². The number of hydrogen-bond donors (Lipinski definition) is 0. The van der Waals surface area contributed by atoms with E-state index in [1.165, 1.54) is 16.9 Å². The number of nitro benzene ring substituents is 2. The first-order chi connectivity index (χ1) is 13.8. The van der Waals surface area contributed by atoms with Gasteiger partial charge in [-0.1, -0.05) is 24.3 Å². The average Bonchev–Trinajstić information content (AvgIpc) is 3.03. The van der Waals surface area contributed by atoms with Crippen LogP contribution in [0.3, 0.4) is 0 Å². The first-order valence-corrected chi connectivity index (χ1v) is 9.46. The summed E-state index contributed by atoms with van der Waals surface area (Å²) in [5.74, 6) is -0.765. The molecule has 0 unspecified atom stereocenters. The second kappa shape index (κ2) is 7.06. The highest BCUT2D eigenvalue weighted by Gasteiger charge is 2.22. The number of thiazole rings is 1. The molecular weight excluding hydrogens is 396 g/mol. The van der Waals surface area contributed by atoms with E-state index in [-0.39, 0.29) is 5.56 Å². The number of benzene rings is 2. The van der Waals surface area contributed by atoms with Crippen LogP contribution in [0.15, 0.2) is 47.5 Å². The smallest absolute Gasteiger partial charge is 0.280 e. The van der Waals surface area contributed by atoms with Gasteiger partial charge in [0.1, 0.15) is 0 Å². The van der Waals surface area contributed by atoms with Gasteiger partial charge in [-0.3, -0.25) is 25.0 Å². The lowest BCUT2D eigenvalue weighted by Gasteiger charge is -2.16. The van der Waals surface area contributed by atoms with Gasteiger partial charge in [0.25, 0.3) is 17.3 Å². The minimum atomic E-state index is -0.773. The molecule has 1 aliphatic rings. The molecule has 0 bridgehead atoms. The normalized spacial score (nSPS) is 12.9. The van der Waals surface area contributed by atoms with Gasteiger partial charge >= 0.3 is 0 Å². The standard InChI is InChI=1S/C19H14N4O5S/c1-21-17-15-5-3-2-4-11(15)6-7-16(17)29-19(21)20-18(24)12-8-13(22(25)26)10-14(9-12)23(27)28/h2-5,8-10H,6-7H2,1H3. The van der Waals surface area contributed by atoms with Gasteiger partial charge in [-0.25, -0.2) is 0 Å². The van der Waals surface area contributed by atoms with E-state index in [9.17, 15) is 25.0 Å². The molecule has 3 aromatic rings. The lowest BCUT2D eigenvalue weighted by molar-refractivity contribution is -0.394. The molecule has 0 aliphatic heterocycles. The largest absolute Gasteiger partial charge is 0.319 e. The lowest BCUT2D eigenvalue weighted by Crippen LogP contribution is -2.15. The van der Waals surface area contributed by atoms with Crippen LogP contribution in [0.25, 0.3) is 11.3 Å². The zero-order valence-electron chi connectivity index (χ0n) is 15.2. The van der Waals surface area contributed by atoms with Crippen molar-refractivity contribution in [1.29, 1.82) is 0 Å². The number of amides is 1. The van der Waals surface area contributed by atoms with E-state index in [4.69, 9.17) is 0 Å². The SMILES string of the molecule is Cn1c2c(sc1=NC(=O)c1cc([N+](=O)[O-])cc([N+](=O)[O-])c1)CCc1ccccc1-2. The molecule has 146 valence electrons. The van der Waals surface area contributed by atoms with Crippen LogP contribution in [-0.2, 0) is 19.9 Å². The fourth-order valence-electron chi connectivity index (χ4n) is 3.41. The minimum absolute atomic E-state index is 0.197. The maximum Gasteiger partial charge on any atom is 0.280 e. The molecule has 1 aromatic heterocycles. The van der Waals surface area contributed by atoms with Crippen LogP contribution >= 0.6 is 11.3 Å². The van der Waals surface area contributed by atoms with Gasteiger partial charge in [-0.15, -0.1) is 11.3 Å². The Morgan fingerprint density at radius 2 is 1.72 bits per heavy atom. The third kappa shape index (κ3) is 3.34. The molecule has 0 radical (unpaired) electrons. The maximum absolute atomic E-state index is 12.7. The topological polar surface area (TPSA) is 121 Å². The third-order valence-corrected chi connectivity index (χ3v) is 5.95. The molecule has 1 aliphatic carbocycles. The fraction of sp³-hybridized carbons (Fsp3) is 0.158. The van der Waals surface area contributed by atoms with Gasteiger partial charge in [0, 0.05) is 29.6 Å². The number of carbonyl (C=O) groups is 1. The van der Waals surface area contributed by atoms with Crippen molar-refractivity contribution in [2.75, 3.05) is 0 Å². The summed E-state index contributed by atoms with van der Waals surface area (Å²) in [6, 6.07) is 10.9. The molecular formula is C19H14N4O5S. The fourth-order valence-corrected chi connectivity index (χ4v) is 4.53. The quantitative estimate of drug-likeness (QED) is 0.484. The summed E-state index contributed by atoms with van der Waals surface area (Å²) < 4.78 is 1.82. The number of nitro groups is 2. The summed E-state index contributed by atoms with van der Waals surface area (Å²) >= 11 is 1.38. The Bertz CT molecular complexity index is 1230. The Kier molecular flexibility index (Phi) is 4.55. The Labute approximate surface area is 167 Å². The van der Waals surface area contributed by atoms with Crippen molar-refractivity contribution in [1.82, 2.24) is 4.57 Å². The van der Waals surface area contributed by atoms with Crippen molar-refractivity contribution < 1.29 is 14.6 Å². The predicted octanol–water partition coefficient (Wildman–Crippen LogP) is 3.41. The molecule has 2 aromatic carbocycles. The van der Waals surface area contributed by atoms with E-state index in [2.05, 4.69) is 11.1 Å². The molecule has 10 heteroatoms. The highest BCUT2D eigenvalue weighted by molar-refractivity contribution is 7.09. The van der Waals surface area contributed by atoms with Crippen LogP contribution in [0.5, 0.6) is 0 Å². The second-order valence-corrected chi connectivity index (χ2v) is 7.60. The molecule has 1 heterocycles. The summed E-state index contributed by atoms with van der Waals surface area (Å²) in [4.78, 5) is 38.9. The van der Waals surface area contributed by atoms with Crippen LogP contribution in [0.2, 0.25) is 0 Å². The average molecular weight is 410 g/mol. The second-order valence-electron chi connectivity index (χ2n) is 6.54. The van der Waals surface area contributed by atoms with Crippen molar-refractivity contribution >= 4 is 28.6 Å². The predicted molar refractivity (Wildman–Crippen MR) is 106 cm³/mol. The molecule has 4 rings (SSSR count). The van der Waals surface area contributed by atoms with Gasteiger partial charge in [-0.05, 0) is 18.4 Å². The molecule has 0 atom stereocenters. The maximum atomic E-state index is 12.7. The Morgan fingerprint density at radius 1 is 1.07 bits per heavy atom. The number of aryl methyl sites for hydroxylation is 2. The third-order valence-electron chi connectivity index (χ3n) is 4.76. The molecule has 29 heavy (non-hydrogen) atoms. The minimum Gasteiger partial charge on any atom is -0.319 e. The molecule has 0 N–H and O–H groups in total. The van der Waals surface area contributed by atoms with E-state index in [0.717, 1.165) is 47.2 Å². The highest BCUT2D eigenvalue weighted by Crippen LogP contribution is 2.34. The van der Waals surface area contributed by atoms with Gasteiger partial charge in [0.2, 0.25) is 0 Å². The van der Waals surface area contributed by atoms with E-state index in [1.54, 1.807) is 7.05 Å². The Hall–Kier alpha value is -3.66. The van der Waals surface area contributed by atoms with Crippen molar-refractivity contribution in [2.24, 2.45) is 12.0 Å². The summed E-state index contributed by atoms with van der Waals surface area (Å²) in [7, 11) is 1.80. The molecule has 1 amide bonds. The summed E-state index contributed by atoms with van der Waals surface area (Å²) in [5.41, 5.74) is 2.06. The van der Waals surface area contributed by atoms with Crippen molar-refractivity contribution in [3.05, 3.63) is 83.5 Å². The molecule has 0 saturated heterocycles. The number of carbonyl (C=O) groups excluding carboxylic acids is 1. The van der Waals surface area contributed by atoms with Crippen LogP contribution in [0.1, 0.15) is 20.8 Å². The van der Waals surface area contributed by atoms with E-state index >= 15 is 0 Å². The first-order valence-electron chi connectivity index (χ1n) is 8.65. The zero-order chi connectivity index (χ0) is 20.7. The first kappa shape index (κ1) is 18.7. The number of rotatable bonds is 3. The van der Waals surface area contributed by atoms with Crippen molar-refractivity contribution in [2.45, 2.75) is 12.8 Å². The number of non-ortho nitro benzene ring substituents is 2. The van der Waals surface area contributed by atoms with Crippen LogP contribution in [0, 0.1) is 20.2 Å². The summed E-state index contributed by atoms with van der Waals surface area (Å²) in [6.45, 7) is 0. The van der Waals surface area contributed by atoms with E-state index < -0.39 is 27.1 Å². The van der Waals surface area contributed by atoms with Crippen molar-refractivity contribution in [3.63, 3.8) is 0 Å². The molecule has 0 spiro atoms. The van der Waals surface area contributed by atoms with Gasteiger partial charge in [0.05, 0.1) is 27.2 Å². The Balaban J connectivity index is 1.81. The van der Waals surface area contributed by atoms with Gasteiger partial charge < -0.3 is 4.57 Å². The summed E-state index contributed by atoms with van der Waals surface area (Å²) in [6.07, 6.45) is 1.73. The molecule has 0 saturated carbocycles. The number of nitrogens with zero attached hydrogens (tertiary/aromatic N) is 4. The van der Waals surface area contributed by atoms with E-state index in [1.807, 2.05) is 22.8 Å². The zero-order valence-corrected chi connectivity index (χ0v) is 16.0. The highest BCUT2D eigenvalue weighted by atomic mass is 32.1. The number of fused-ring (bicyclic) bond motifs is 3. The van der Waals surface area contributed by atoms with E-state index in [0.29, 0.717) is 4.80 Å². The molecule has 0 fully saturated rings. The van der Waals surface area contributed by atoms with Crippen LogP contribution in [-0.4, -0.2) is 20.3 Å². The number of aromatic nitrogens is 1. The van der Waals surface area contributed by atoms with Crippen LogP contribution < -0.4 is 4.80 Å². The number of hydrogen-bond acceptors (Lipinski definition) is 6. The Morgan fingerprint density at radius 3 is 2.38 bits per heavy atom. The van der Waals surface area contributed by atoms with Crippen molar-refractivity contribution in [3.8, 4) is 11.3 Å². The lowest BCUT2D eigenvalue weighted by atomic mass is 9.93.